The molecule has 0 radical (unpaired) electrons. The lowest BCUT2D eigenvalue weighted by Gasteiger charge is -2.36. The molecule has 2 atom stereocenters. The monoisotopic (exact) mass is 264 g/mol. The van der Waals surface area contributed by atoms with Gasteiger partial charge in [0.05, 0.1) is 0 Å². The van der Waals surface area contributed by atoms with E-state index in [-0.39, 0.29) is 11.9 Å². The lowest BCUT2D eigenvalue weighted by atomic mass is 9.89. The molecule has 2 nitrogen and oxygen atoms in total. The van der Waals surface area contributed by atoms with Crippen molar-refractivity contribution in [3.63, 3.8) is 0 Å². The zero-order chi connectivity index (χ0) is 13.7. The van der Waals surface area contributed by atoms with Crippen molar-refractivity contribution in [2.75, 3.05) is 19.6 Å². The van der Waals surface area contributed by atoms with Crippen molar-refractivity contribution in [2.24, 2.45) is 11.7 Å². The van der Waals surface area contributed by atoms with E-state index in [1.807, 2.05) is 12.1 Å². The van der Waals surface area contributed by atoms with Crippen LogP contribution in [0.2, 0.25) is 0 Å². The van der Waals surface area contributed by atoms with Crippen LogP contribution in [0.4, 0.5) is 4.39 Å². The van der Waals surface area contributed by atoms with Gasteiger partial charge < -0.3 is 10.6 Å². The van der Waals surface area contributed by atoms with E-state index < -0.39 is 0 Å². The summed E-state index contributed by atoms with van der Waals surface area (Å²) in [7, 11) is 0. The smallest absolute Gasteiger partial charge is 0.123 e. The highest BCUT2D eigenvalue weighted by Gasteiger charge is 2.24. The molecule has 2 rings (SSSR count). The number of rotatable bonds is 5. The first-order valence-electron chi connectivity index (χ1n) is 7.39. The Morgan fingerprint density at radius 2 is 2.00 bits per heavy atom. The molecule has 0 spiro atoms. The summed E-state index contributed by atoms with van der Waals surface area (Å²) < 4.78 is 12.9. The largest absolute Gasteiger partial charge is 0.327 e. The normalized spacial score (nSPS) is 24.6. The first kappa shape index (κ1) is 14.5. The minimum Gasteiger partial charge on any atom is -0.327 e. The average Bonchev–Trinajstić information content (AvgIpc) is 2.38. The van der Waals surface area contributed by atoms with Crippen LogP contribution in [0.3, 0.4) is 0 Å². The van der Waals surface area contributed by atoms with Crippen LogP contribution in [0.25, 0.3) is 0 Å². The number of benzene rings is 1. The van der Waals surface area contributed by atoms with Crippen molar-refractivity contribution in [1.82, 2.24) is 4.90 Å². The summed E-state index contributed by atoms with van der Waals surface area (Å²) in [5.74, 6) is 0.444. The average molecular weight is 264 g/mol. The van der Waals surface area contributed by atoms with E-state index in [1.165, 1.54) is 18.4 Å². The van der Waals surface area contributed by atoms with E-state index in [1.54, 1.807) is 12.1 Å². The van der Waals surface area contributed by atoms with Crippen molar-refractivity contribution in [2.45, 2.75) is 38.6 Å². The summed E-state index contributed by atoms with van der Waals surface area (Å²) in [6.45, 7) is 5.54. The highest BCUT2D eigenvalue weighted by molar-refractivity contribution is 5.16. The van der Waals surface area contributed by atoms with Crippen molar-refractivity contribution in [3.05, 3.63) is 35.6 Å². The Morgan fingerprint density at radius 3 is 2.68 bits per heavy atom. The molecule has 0 aromatic heterocycles. The fourth-order valence-electron chi connectivity index (χ4n) is 3.01. The third-order valence-corrected chi connectivity index (χ3v) is 3.91. The molecule has 0 bridgehead atoms. The second-order valence-electron chi connectivity index (χ2n) is 5.81. The summed E-state index contributed by atoms with van der Waals surface area (Å²) in [4.78, 5) is 2.49. The molecule has 19 heavy (non-hydrogen) atoms. The lowest BCUT2D eigenvalue weighted by Crippen LogP contribution is -2.47. The van der Waals surface area contributed by atoms with Gasteiger partial charge in [-0.1, -0.05) is 25.5 Å². The van der Waals surface area contributed by atoms with Gasteiger partial charge in [0.15, 0.2) is 0 Å². The van der Waals surface area contributed by atoms with E-state index in [0.29, 0.717) is 5.92 Å². The van der Waals surface area contributed by atoms with Crippen LogP contribution in [-0.2, 0) is 6.42 Å². The third-order valence-electron chi connectivity index (χ3n) is 3.91. The SMILES string of the molecule is CCCCN1CC(N)CC(Cc2ccc(F)cc2)C1. The molecule has 0 aliphatic carbocycles. The minimum absolute atomic E-state index is 0.159. The van der Waals surface area contributed by atoms with Gasteiger partial charge >= 0.3 is 0 Å². The lowest BCUT2D eigenvalue weighted by molar-refractivity contribution is 0.154. The zero-order valence-electron chi connectivity index (χ0n) is 11.8. The van der Waals surface area contributed by atoms with Crippen LogP contribution in [0.15, 0.2) is 24.3 Å². The van der Waals surface area contributed by atoms with Gasteiger partial charge in [-0.3, -0.25) is 0 Å². The van der Waals surface area contributed by atoms with Crippen molar-refractivity contribution >= 4 is 0 Å². The Labute approximate surface area is 115 Å². The number of nitrogens with zero attached hydrogens (tertiary/aromatic N) is 1. The molecule has 0 amide bonds. The molecule has 3 heteroatoms. The molecule has 2 unspecified atom stereocenters. The molecule has 0 saturated carbocycles. The summed E-state index contributed by atoms with van der Waals surface area (Å²) in [6, 6.07) is 7.17. The number of hydrogen-bond donors (Lipinski definition) is 1. The predicted molar refractivity (Wildman–Crippen MR) is 77.5 cm³/mol. The molecule has 1 fully saturated rings. The van der Waals surface area contributed by atoms with Crippen molar-refractivity contribution in [3.8, 4) is 0 Å². The quantitative estimate of drug-likeness (QED) is 0.886. The Balaban J connectivity index is 1.90. The van der Waals surface area contributed by atoms with Gasteiger partial charge in [-0.05, 0) is 49.4 Å². The van der Waals surface area contributed by atoms with Crippen LogP contribution in [-0.4, -0.2) is 30.6 Å². The van der Waals surface area contributed by atoms with Gasteiger partial charge in [0, 0.05) is 19.1 Å². The number of halogens is 1. The molecule has 1 aliphatic rings. The first-order valence-corrected chi connectivity index (χ1v) is 7.39. The maximum absolute atomic E-state index is 12.9. The van der Waals surface area contributed by atoms with Crippen molar-refractivity contribution < 1.29 is 4.39 Å². The zero-order valence-corrected chi connectivity index (χ0v) is 11.8. The van der Waals surface area contributed by atoms with E-state index in [9.17, 15) is 4.39 Å². The third kappa shape index (κ3) is 4.59. The standard InChI is InChI=1S/C16H25FN2/c1-2-3-8-19-11-14(10-16(18)12-19)9-13-4-6-15(17)7-5-13/h4-7,14,16H,2-3,8-12,18H2,1H3. The van der Waals surface area contributed by atoms with Gasteiger partial charge in [-0.2, -0.15) is 0 Å². The summed E-state index contributed by atoms with van der Waals surface area (Å²) in [5, 5.41) is 0. The Hall–Kier alpha value is -0.930. The maximum Gasteiger partial charge on any atom is 0.123 e. The number of piperidine rings is 1. The number of unbranched alkanes of at least 4 members (excludes halogenated alkanes) is 1. The first-order chi connectivity index (χ1) is 9.17. The summed E-state index contributed by atoms with van der Waals surface area (Å²) >= 11 is 0. The molecule has 2 N–H and O–H groups in total. The Kier molecular flexibility index (Phi) is 5.34. The summed E-state index contributed by atoms with van der Waals surface area (Å²) in [5.41, 5.74) is 7.38. The van der Waals surface area contributed by atoms with E-state index in [0.717, 1.165) is 32.5 Å². The van der Waals surface area contributed by atoms with E-state index >= 15 is 0 Å². The van der Waals surface area contributed by atoms with E-state index in [4.69, 9.17) is 5.73 Å². The van der Waals surface area contributed by atoms with E-state index in [2.05, 4.69) is 11.8 Å². The second-order valence-corrected chi connectivity index (χ2v) is 5.81. The number of nitrogens with two attached hydrogens (primary N) is 1. The topological polar surface area (TPSA) is 29.3 Å². The van der Waals surface area contributed by atoms with Gasteiger partial charge in [-0.25, -0.2) is 4.39 Å². The number of hydrogen-bond acceptors (Lipinski definition) is 2. The predicted octanol–water partition coefficient (Wildman–Crippen LogP) is 2.82. The summed E-state index contributed by atoms with van der Waals surface area (Å²) in [6.07, 6.45) is 4.57. The van der Waals surface area contributed by atoms with Crippen LogP contribution >= 0.6 is 0 Å². The second kappa shape index (κ2) is 7.01. The maximum atomic E-state index is 12.9. The van der Waals surface area contributed by atoms with Gasteiger partial charge in [-0.15, -0.1) is 0 Å². The Morgan fingerprint density at radius 1 is 1.26 bits per heavy atom. The fraction of sp³-hybridized carbons (Fsp3) is 0.625. The molecule has 1 heterocycles. The highest BCUT2D eigenvalue weighted by atomic mass is 19.1. The van der Waals surface area contributed by atoms with Gasteiger partial charge in [0.2, 0.25) is 0 Å². The van der Waals surface area contributed by atoms with Gasteiger partial charge in [0.1, 0.15) is 5.82 Å². The van der Waals surface area contributed by atoms with Crippen LogP contribution in [0.1, 0.15) is 31.7 Å². The molecule has 1 aromatic carbocycles. The minimum atomic E-state index is -0.159. The molecular formula is C16H25FN2. The molecule has 1 saturated heterocycles. The highest BCUT2D eigenvalue weighted by Crippen LogP contribution is 2.21. The molecule has 1 aliphatic heterocycles. The van der Waals surface area contributed by atoms with Crippen molar-refractivity contribution in [1.29, 1.82) is 0 Å². The number of likely N-dealkylation sites (tertiary alicyclic amines) is 1. The van der Waals surface area contributed by atoms with Crippen LogP contribution < -0.4 is 5.73 Å². The van der Waals surface area contributed by atoms with Crippen LogP contribution in [0, 0.1) is 11.7 Å². The molecule has 106 valence electrons. The van der Waals surface area contributed by atoms with Crippen LogP contribution in [0.5, 0.6) is 0 Å². The fourth-order valence-corrected chi connectivity index (χ4v) is 3.01. The van der Waals surface area contributed by atoms with Gasteiger partial charge in [0.25, 0.3) is 0 Å². The molecule has 1 aromatic rings. The molecular weight excluding hydrogens is 239 g/mol. The Bertz CT molecular complexity index is 377.